The van der Waals surface area contributed by atoms with Crippen molar-refractivity contribution in [3.8, 4) is 0 Å². The number of thioether (sulfide) groups is 1. The van der Waals surface area contributed by atoms with E-state index in [0.717, 1.165) is 33.7 Å². The molecule has 1 atom stereocenters. The maximum absolute atomic E-state index is 13.2. The Morgan fingerprint density at radius 1 is 1.33 bits per heavy atom. The predicted molar refractivity (Wildman–Crippen MR) is 120 cm³/mol. The molecule has 0 radical (unpaired) electrons. The number of hydrogen-bond acceptors (Lipinski definition) is 5. The molecule has 0 spiro atoms. The Hall–Kier alpha value is -2.19. The van der Waals surface area contributed by atoms with Gasteiger partial charge in [-0.2, -0.15) is 0 Å². The number of carbonyl (C=O) groups excluding carboxylic acids is 1. The largest absolute Gasteiger partial charge is 0.334 e. The number of benzene rings is 1. The van der Waals surface area contributed by atoms with Gasteiger partial charge in [0.1, 0.15) is 16.5 Å². The molecule has 3 aromatic rings. The molecule has 4 rings (SSSR count). The van der Waals surface area contributed by atoms with Crippen LogP contribution in [0, 0.1) is 19.7 Å². The van der Waals surface area contributed by atoms with Crippen LogP contribution in [-0.4, -0.2) is 32.1 Å². The summed E-state index contributed by atoms with van der Waals surface area (Å²) in [7, 11) is 0. The van der Waals surface area contributed by atoms with Gasteiger partial charge in [-0.05, 0) is 56.9 Å². The van der Waals surface area contributed by atoms with E-state index in [9.17, 15) is 14.0 Å². The first kappa shape index (κ1) is 21.1. The molecule has 1 fully saturated rings. The third-order valence-electron chi connectivity index (χ3n) is 5.44. The molecule has 30 heavy (non-hydrogen) atoms. The monoisotopic (exact) mass is 445 g/mol. The summed E-state index contributed by atoms with van der Waals surface area (Å²) in [6.45, 7) is 6.31. The third kappa shape index (κ3) is 4.44. The molecule has 0 aliphatic heterocycles. The Morgan fingerprint density at radius 3 is 2.70 bits per heavy atom. The van der Waals surface area contributed by atoms with Crippen molar-refractivity contribution in [1.29, 1.82) is 0 Å². The van der Waals surface area contributed by atoms with E-state index in [4.69, 9.17) is 0 Å². The Morgan fingerprint density at radius 2 is 2.03 bits per heavy atom. The van der Waals surface area contributed by atoms with Crippen LogP contribution in [0.3, 0.4) is 0 Å². The van der Waals surface area contributed by atoms with Gasteiger partial charge in [-0.15, -0.1) is 23.1 Å². The lowest BCUT2D eigenvalue weighted by Crippen LogP contribution is -2.37. The molecule has 5 nitrogen and oxygen atoms in total. The molecule has 1 N–H and O–H groups in total. The zero-order valence-electron chi connectivity index (χ0n) is 17.2. The van der Waals surface area contributed by atoms with Crippen molar-refractivity contribution in [2.75, 3.05) is 0 Å². The summed E-state index contributed by atoms with van der Waals surface area (Å²) < 4.78 is 13.2. The molecule has 0 bridgehead atoms. The Labute approximate surface area is 182 Å². The number of nitrogens with zero attached hydrogens (tertiary/aromatic N) is 2. The fraction of sp³-hybridized carbons (Fsp3) is 0.409. The van der Waals surface area contributed by atoms with Crippen molar-refractivity contribution in [3.63, 3.8) is 0 Å². The number of H-pyrrole nitrogens is 1. The highest BCUT2D eigenvalue weighted by molar-refractivity contribution is 7.99. The molecule has 8 heteroatoms. The van der Waals surface area contributed by atoms with Crippen LogP contribution in [0.15, 0.2) is 29.1 Å². The van der Waals surface area contributed by atoms with Gasteiger partial charge in [0.2, 0.25) is 5.91 Å². The van der Waals surface area contributed by atoms with E-state index in [1.807, 2.05) is 25.7 Å². The lowest BCUT2D eigenvalue weighted by atomic mass is 10.2. The van der Waals surface area contributed by atoms with Crippen LogP contribution in [0.25, 0.3) is 10.2 Å². The van der Waals surface area contributed by atoms with Gasteiger partial charge < -0.3 is 9.88 Å². The maximum Gasteiger partial charge on any atom is 0.259 e. The number of fused-ring (bicyclic) bond motifs is 1. The van der Waals surface area contributed by atoms with E-state index in [2.05, 4.69) is 9.97 Å². The number of aromatic amines is 1. The molecule has 1 aliphatic carbocycles. The lowest BCUT2D eigenvalue weighted by Gasteiger charge is -2.25. The van der Waals surface area contributed by atoms with Gasteiger partial charge in [0, 0.05) is 17.5 Å². The normalized spacial score (nSPS) is 14.8. The summed E-state index contributed by atoms with van der Waals surface area (Å²) in [6.07, 6.45) is 2.01. The van der Waals surface area contributed by atoms with Crippen molar-refractivity contribution >= 4 is 39.2 Å². The van der Waals surface area contributed by atoms with Crippen molar-refractivity contribution in [2.45, 2.75) is 57.2 Å². The highest BCUT2D eigenvalue weighted by atomic mass is 32.2. The number of carbonyl (C=O) groups is 1. The van der Waals surface area contributed by atoms with Crippen LogP contribution >= 0.6 is 23.1 Å². The SMILES string of the molecule is Cc1sc2nc(CSC(C)C(=O)N(Cc3ccc(F)cc3)C3CC3)[nH]c(=O)c2c1C. The van der Waals surface area contributed by atoms with Crippen molar-refractivity contribution in [3.05, 3.63) is 62.3 Å². The van der Waals surface area contributed by atoms with Crippen LogP contribution in [0.1, 0.15) is 41.6 Å². The van der Waals surface area contributed by atoms with Crippen LogP contribution < -0.4 is 5.56 Å². The van der Waals surface area contributed by atoms with Gasteiger partial charge in [-0.25, -0.2) is 9.37 Å². The quantitative estimate of drug-likeness (QED) is 0.579. The van der Waals surface area contributed by atoms with E-state index in [1.54, 1.807) is 12.1 Å². The average Bonchev–Trinajstić information content (AvgIpc) is 3.51. The molecule has 0 saturated heterocycles. The Balaban J connectivity index is 1.44. The number of halogens is 1. The summed E-state index contributed by atoms with van der Waals surface area (Å²) in [4.78, 5) is 36.7. The van der Waals surface area contributed by atoms with Crippen LogP contribution in [0.4, 0.5) is 4.39 Å². The Kier molecular flexibility index (Phi) is 5.97. The fourth-order valence-electron chi connectivity index (χ4n) is 3.44. The maximum atomic E-state index is 13.2. The minimum atomic E-state index is -0.276. The zero-order valence-corrected chi connectivity index (χ0v) is 18.8. The summed E-state index contributed by atoms with van der Waals surface area (Å²) in [5.74, 6) is 0.845. The third-order valence-corrected chi connectivity index (χ3v) is 7.69. The Bertz CT molecular complexity index is 1140. The minimum Gasteiger partial charge on any atom is -0.334 e. The molecule has 2 aromatic heterocycles. The zero-order chi connectivity index (χ0) is 21.4. The summed E-state index contributed by atoms with van der Waals surface area (Å²) in [5, 5.41) is 0.397. The number of hydrogen-bond donors (Lipinski definition) is 1. The highest BCUT2D eigenvalue weighted by Crippen LogP contribution is 2.31. The van der Waals surface area contributed by atoms with Crippen LogP contribution in [-0.2, 0) is 17.1 Å². The van der Waals surface area contributed by atoms with E-state index in [1.165, 1.54) is 35.2 Å². The first-order chi connectivity index (χ1) is 14.3. The first-order valence-corrected chi connectivity index (χ1v) is 11.9. The molecular formula is C22H24FN3O2S2. The molecule has 158 valence electrons. The second-order valence-corrected chi connectivity index (χ2v) is 10.3. The van der Waals surface area contributed by atoms with Crippen LogP contribution in [0.5, 0.6) is 0 Å². The van der Waals surface area contributed by atoms with Gasteiger partial charge in [0.25, 0.3) is 5.56 Å². The number of aromatic nitrogens is 2. The van der Waals surface area contributed by atoms with Crippen molar-refractivity contribution < 1.29 is 9.18 Å². The van der Waals surface area contributed by atoms with E-state index < -0.39 is 0 Å². The van der Waals surface area contributed by atoms with Crippen molar-refractivity contribution in [1.82, 2.24) is 14.9 Å². The predicted octanol–water partition coefficient (Wildman–Crippen LogP) is 4.55. The molecule has 2 heterocycles. The standard InChI is InChI=1S/C22H24FN3O2S2/c1-12-13(2)30-21-19(12)20(27)24-18(25-21)11-29-14(3)22(28)26(17-8-9-17)10-15-4-6-16(23)7-5-15/h4-7,14,17H,8-11H2,1-3H3,(H,24,25,27). The molecule has 1 saturated carbocycles. The van der Waals surface area contributed by atoms with Gasteiger partial charge in [-0.1, -0.05) is 12.1 Å². The van der Waals surface area contributed by atoms with Crippen molar-refractivity contribution in [2.24, 2.45) is 0 Å². The number of amides is 1. The lowest BCUT2D eigenvalue weighted by molar-refractivity contribution is -0.131. The average molecular weight is 446 g/mol. The first-order valence-electron chi connectivity index (χ1n) is 9.99. The molecule has 1 aliphatic rings. The van der Waals surface area contributed by atoms with Crippen LogP contribution in [0.2, 0.25) is 0 Å². The molecule has 1 unspecified atom stereocenters. The smallest absolute Gasteiger partial charge is 0.259 e. The number of nitrogens with one attached hydrogen (secondary N) is 1. The topological polar surface area (TPSA) is 66.1 Å². The van der Waals surface area contributed by atoms with E-state index in [0.29, 0.717) is 23.5 Å². The molecule has 1 aromatic carbocycles. The van der Waals surface area contributed by atoms with E-state index in [-0.39, 0.29) is 28.6 Å². The summed E-state index contributed by atoms with van der Waals surface area (Å²) >= 11 is 3.00. The van der Waals surface area contributed by atoms with Gasteiger partial charge in [0.05, 0.1) is 16.4 Å². The fourth-order valence-corrected chi connectivity index (χ4v) is 5.31. The second kappa shape index (κ2) is 8.51. The van der Waals surface area contributed by atoms with Gasteiger partial charge >= 0.3 is 0 Å². The summed E-state index contributed by atoms with van der Waals surface area (Å²) in [5.41, 5.74) is 1.79. The number of aryl methyl sites for hydroxylation is 2. The second-order valence-electron chi connectivity index (χ2n) is 7.75. The minimum absolute atomic E-state index is 0.0677. The van der Waals surface area contributed by atoms with Gasteiger partial charge in [-0.3, -0.25) is 9.59 Å². The number of rotatable bonds is 7. The molecular weight excluding hydrogens is 421 g/mol. The highest BCUT2D eigenvalue weighted by Gasteiger charge is 2.34. The van der Waals surface area contributed by atoms with E-state index >= 15 is 0 Å². The van der Waals surface area contributed by atoms with Gasteiger partial charge in [0.15, 0.2) is 0 Å². The number of thiophene rings is 1. The summed E-state index contributed by atoms with van der Waals surface area (Å²) in [6, 6.07) is 6.57. The molecule has 1 amide bonds.